The van der Waals surface area contributed by atoms with E-state index >= 15 is 0 Å². The first-order valence-corrected chi connectivity index (χ1v) is 2.66. The number of aliphatic hydroxyl groups excluding tert-OH is 1. The maximum Gasteiger partial charge on any atom is 0.128 e. The highest BCUT2D eigenvalue weighted by Crippen LogP contribution is 2.08. The van der Waals surface area contributed by atoms with Gasteiger partial charge in [0.05, 0.1) is 0 Å². The van der Waals surface area contributed by atoms with Crippen molar-refractivity contribution in [3.8, 4) is 0 Å². The summed E-state index contributed by atoms with van der Waals surface area (Å²) in [6.07, 6.45) is 0. The van der Waals surface area contributed by atoms with Crippen LogP contribution in [0, 0.1) is 0 Å². The van der Waals surface area contributed by atoms with Gasteiger partial charge in [0, 0.05) is 4.48 Å². The molecule has 0 aliphatic carbocycles. The van der Waals surface area contributed by atoms with Gasteiger partial charge in [-0.1, -0.05) is 22.5 Å². The second kappa shape index (κ2) is 2.66. The van der Waals surface area contributed by atoms with Gasteiger partial charge in [0.1, 0.15) is 5.44 Å². The molecule has 0 amide bonds. The Morgan fingerprint density at radius 3 is 2.17 bits per heavy atom. The van der Waals surface area contributed by atoms with Crippen LogP contribution in [-0.4, -0.2) is 10.5 Å². The smallest absolute Gasteiger partial charge is 0.128 e. The van der Waals surface area contributed by atoms with Gasteiger partial charge < -0.3 is 5.11 Å². The molecule has 0 saturated carbocycles. The third-order valence-corrected chi connectivity index (χ3v) is 1.38. The van der Waals surface area contributed by atoms with Gasteiger partial charge >= 0.3 is 0 Å². The second-order valence-corrected chi connectivity index (χ2v) is 2.33. The van der Waals surface area contributed by atoms with Crippen molar-refractivity contribution < 1.29 is 5.11 Å². The zero-order valence-corrected chi connectivity index (χ0v) is 5.54. The highest BCUT2D eigenvalue weighted by molar-refractivity contribution is 9.11. The highest BCUT2D eigenvalue weighted by atomic mass is 79.9. The summed E-state index contributed by atoms with van der Waals surface area (Å²) in [5.41, 5.74) is -0.731. The number of aliphatic hydroxyl groups is 1. The van der Waals surface area contributed by atoms with Crippen molar-refractivity contribution in [1.82, 2.24) is 0 Å². The molecule has 1 unspecified atom stereocenters. The second-order valence-electron chi connectivity index (χ2n) is 0.821. The molecule has 0 saturated heterocycles. The Hall–Kier alpha value is 0.530. The summed E-state index contributed by atoms with van der Waals surface area (Å²) in [5.74, 6) is 0. The number of hydrogen-bond donors (Lipinski definition) is 2. The minimum atomic E-state index is -0.731. The molecule has 0 fully saturated rings. The third kappa shape index (κ3) is 2.75. The third-order valence-electron chi connectivity index (χ3n) is 0.280. The predicted octanol–water partition coefficient (Wildman–Crippen LogP) is 1.14. The molecule has 0 spiro atoms. The van der Waals surface area contributed by atoms with E-state index in [1.54, 1.807) is 0 Å². The zero-order valence-electron chi connectivity index (χ0n) is 3.06. The Kier molecular flexibility index (Phi) is 2.90. The minimum absolute atomic E-state index is 0.492. The maximum absolute atomic E-state index is 8.35. The molecule has 0 rings (SSSR count). The SMILES string of the molecule is C=C(Br)C(O)S. The van der Waals surface area contributed by atoms with Crippen LogP contribution in [0.15, 0.2) is 11.1 Å². The van der Waals surface area contributed by atoms with E-state index in [0.717, 1.165) is 0 Å². The number of rotatable bonds is 1. The molecule has 3 heteroatoms. The average Bonchev–Trinajstić information content (AvgIpc) is 1.36. The van der Waals surface area contributed by atoms with Crippen LogP contribution in [0.25, 0.3) is 0 Å². The van der Waals surface area contributed by atoms with Crippen molar-refractivity contribution in [2.24, 2.45) is 0 Å². The van der Waals surface area contributed by atoms with E-state index in [0.29, 0.717) is 4.48 Å². The van der Waals surface area contributed by atoms with Crippen LogP contribution >= 0.6 is 28.6 Å². The Balaban J connectivity index is 3.26. The number of halogens is 1. The van der Waals surface area contributed by atoms with E-state index in [-0.39, 0.29) is 0 Å². The lowest BCUT2D eigenvalue weighted by molar-refractivity contribution is 0.310. The van der Waals surface area contributed by atoms with E-state index in [9.17, 15) is 0 Å². The Morgan fingerprint density at radius 2 is 2.17 bits per heavy atom. The number of hydrogen-bond acceptors (Lipinski definition) is 2. The Bertz CT molecular complexity index is 61.8. The molecule has 0 aromatic rings. The predicted molar refractivity (Wildman–Crippen MR) is 33.1 cm³/mol. The standard InChI is InChI=1S/C3H5BrOS/c1-2(4)3(5)6/h3,5-6H,1H2. The van der Waals surface area contributed by atoms with E-state index in [4.69, 9.17) is 5.11 Å². The van der Waals surface area contributed by atoms with Crippen molar-refractivity contribution in [2.75, 3.05) is 0 Å². The molecule has 36 valence electrons. The first kappa shape index (κ1) is 6.53. The quantitative estimate of drug-likeness (QED) is 0.445. The molecule has 0 aliphatic heterocycles. The molecule has 0 radical (unpaired) electrons. The van der Waals surface area contributed by atoms with E-state index in [1.165, 1.54) is 0 Å². The van der Waals surface area contributed by atoms with Gasteiger partial charge in [0.2, 0.25) is 0 Å². The molecule has 0 bridgehead atoms. The largest absolute Gasteiger partial charge is 0.378 e. The minimum Gasteiger partial charge on any atom is -0.378 e. The van der Waals surface area contributed by atoms with Gasteiger partial charge in [0.15, 0.2) is 0 Å². The van der Waals surface area contributed by atoms with Crippen LogP contribution in [0.1, 0.15) is 0 Å². The molecule has 0 aromatic carbocycles. The summed E-state index contributed by atoms with van der Waals surface area (Å²) in [7, 11) is 0. The number of thiol groups is 1. The first-order valence-electron chi connectivity index (χ1n) is 1.35. The molecule has 1 N–H and O–H groups in total. The van der Waals surface area contributed by atoms with Crippen LogP contribution in [0.4, 0.5) is 0 Å². The molecule has 1 nitrogen and oxygen atoms in total. The van der Waals surface area contributed by atoms with Crippen molar-refractivity contribution in [2.45, 2.75) is 5.44 Å². The van der Waals surface area contributed by atoms with E-state index in [2.05, 4.69) is 35.1 Å². The van der Waals surface area contributed by atoms with Crippen molar-refractivity contribution in [3.63, 3.8) is 0 Å². The molecular weight excluding hydrogens is 164 g/mol. The van der Waals surface area contributed by atoms with Gasteiger partial charge in [-0.3, -0.25) is 0 Å². The van der Waals surface area contributed by atoms with Crippen LogP contribution < -0.4 is 0 Å². The molecule has 6 heavy (non-hydrogen) atoms. The van der Waals surface area contributed by atoms with Crippen LogP contribution in [-0.2, 0) is 0 Å². The fraction of sp³-hybridized carbons (Fsp3) is 0.333. The summed E-state index contributed by atoms with van der Waals surface area (Å²) >= 11 is 6.52. The summed E-state index contributed by atoms with van der Waals surface area (Å²) in [4.78, 5) is 0. The molecule has 0 aliphatic rings. The molecule has 0 aromatic heterocycles. The molecular formula is C3H5BrOS. The lowest BCUT2D eigenvalue weighted by Crippen LogP contribution is -1.90. The summed E-state index contributed by atoms with van der Waals surface area (Å²) in [5, 5.41) is 8.35. The topological polar surface area (TPSA) is 20.2 Å². The first-order chi connectivity index (χ1) is 2.64. The zero-order chi connectivity index (χ0) is 5.15. The monoisotopic (exact) mass is 168 g/mol. The fourth-order valence-electron chi connectivity index (χ4n) is 0. The average molecular weight is 169 g/mol. The van der Waals surface area contributed by atoms with Crippen LogP contribution in [0.3, 0.4) is 0 Å². The maximum atomic E-state index is 8.35. The fourth-order valence-corrected chi connectivity index (χ4v) is 0. The lowest BCUT2D eigenvalue weighted by Gasteiger charge is -1.93. The van der Waals surface area contributed by atoms with Crippen molar-refractivity contribution >= 4 is 28.6 Å². The summed E-state index contributed by atoms with van der Waals surface area (Å²) < 4.78 is 0.492. The van der Waals surface area contributed by atoms with Crippen LogP contribution in [0.2, 0.25) is 0 Å². The Morgan fingerprint density at radius 1 is 2.00 bits per heavy atom. The van der Waals surface area contributed by atoms with Crippen LogP contribution in [0.5, 0.6) is 0 Å². The van der Waals surface area contributed by atoms with E-state index < -0.39 is 5.44 Å². The molecule has 1 atom stereocenters. The van der Waals surface area contributed by atoms with Gasteiger partial charge in [-0.05, 0) is 0 Å². The van der Waals surface area contributed by atoms with Crippen molar-refractivity contribution in [1.29, 1.82) is 0 Å². The van der Waals surface area contributed by atoms with Gasteiger partial charge in [-0.25, -0.2) is 0 Å². The van der Waals surface area contributed by atoms with Gasteiger partial charge in [-0.2, -0.15) is 0 Å². The normalized spacial score (nSPS) is 13.8. The van der Waals surface area contributed by atoms with Gasteiger partial charge in [-0.15, -0.1) is 12.6 Å². The summed E-state index contributed by atoms with van der Waals surface area (Å²) in [6, 6.07) is 0. The van der Waals surface area contributed by atoms with Crippen molar-refractivity contribution in [3.05, 3.63) is 11.1 Å². The lowest BCUT2D eigenvalue weighted by atomic mass is 10.7. The highest BCUT2D eigenvalue weighted by Gasteiger charge is 1.92. The molecule has 0 heterocycles. The Labute approximate surface area is 50.6 Å². The summed E-state index contributed by atoms with van der Waals surface area (Å²) in [6.45, 7) is 3.34. The van der Waals surface area contributed by atoms with Gasteiger partial charge in [0.25, 0.3) is 0 Å². The van der Waals surface area contributed by atoms with E-state index in [1.807, 2.05) is 0 Å².